The summed E-state index contributed by atoms with van der Waals surface area (Å²) in [6.45, 7) is 10.0. The zero-order chi connectivity index (χ0) is 41.5. The third-order valence-corrected chi connectivity index (χ3v) is 9.49. The molecule has 56 heavy (non-hydrogen) atoms. The highest BCUT2D eigenvalue weighted by Crippen LogP contribution is 2.31. The molecule has 2 aromatic rings. The van der Waals surface area contributed by atoms with Crippen LogP contribution in [0.1, 0.15) is 104 Å². The molecule has 0 heterocycles. The van der Waals surface area contributed by atoms with E-state index in [4.69, 9.17) is 9.47 Å². The van der Waals surface area contributed by atoms with Crippen LogP contribution in [-0.2, 0) is 43.8 Å². The number of methoxy groups -OCH3 is 1. The molecular formula is C42H59N5O9. The summed E-state index contributed by atoms with van der Waals surface area (Å²) in [5.41, 5.74) is -1.73. The van der Waals surface area contributed by atoms with Crippen LogP contribution in [0.15, 0.2) is 60.7 Å². The Hall–Kier alpha value is -5.27. The first-order valence-corrected chi connectivity index (χ1v) is 19.4. The molecular weight excluding hydrogens is 718 g/mol. The van der Waals surface area contributed by atoms with Crippen molar-refractivity contribution in [2.45, 2.75) is 122 Å². The summed E-state index contributed by atoms with van der Waals surface area (Å²) >= 11 is 0. The van der Waals surface area contributed by atoms with Crippen molar-refractivity contribution in [3.05, 3.63) is 71.8 Å². The van der Waals surface area contributed by atoms with Crippen LogP contribution >= 0.6 is 0 Å². The molecule has 5 amide bonds. The lowest BCUT2D eigenvalue weighted by atomic mass is 9.82. The number of esters is 1. The van der Waals surface area contributed by atoms with Crippen molar-refractivity contribution in [2.24, 2.45) is 11.8 Å². The van der Waals surface area contributed by atoms with Gasteiger partial charge in [0.25, 0.3) is 5.91 Å². The molecule has 1 saturated carbocycles. The van der Waals surface area contributed by atoms with Crippen LogP contribution in [-0.4, -0.2) is 78.9 Å². The van der Waals surface area contributed by atoms with Gasteiger partial charge in [-0.25, -0.2) is 9.59 Å². The fourth-order valence-corrected chi connectivity index (χ4v) is 6.88. The van der Waals surface area contributed by atoms with Crippen molar-refractivity contribution >= 4 is 41.5 Å². The lowest BCUT2D eigenvalue weighted by Gasteiger charge is -2.33. The number of carbonyl (C=O) groups is 7. The topological polar surface area (TPSA) is 198 Å². The first-order valence-electron chi connectivity index (χ1n) is 19.4. The highest BCUT2D eigenvalue weighted by atomic mass is 16.6. The Bertz CT molecular complexity index is 1610. The fraction of sp³-hybridized carbons (Fsp3) is 0.548. The molecule has 1 aliphatic rings. The molecule has 14 nitrogen and oxygen atoms in total. The SMILES string of the molecule is CCCC(NC(=O)[C@H](CC(C)C)NC(=O)[C@@H](NC(=O)OC(C)(C)C)C1CCCCC1)C(=O)C(=O)NCC(=O)NC(C(=O)OC)(c1ccccc1)c1ccccc1. The quantitative estimate of drug-likeness (QED) is 0.109. The molecule has 0 radical (unpaired) electrons. The predicted octanol–water partition coefficient (Wildman–Crippen LogP) is 4.19. The summed E-state index contributed by atoms with van der Waals surface area (Å²) in [7, 11) is 1.20. The number of carbonyl (C=O) groups excluding carboxylic acids is 7. The van der Waals surface area contributed by atoms with Crippen LogP contribution in [0.5, 0.6) is 0 Å². The number of ether oxygens (including phenoxy) is 2. The predicted molar refractivity (Wildman–Crippen MR) is 210 cm³/mol. The van der Waals surface area contributed by atoms with Gasteiger partial charge < -0.3 is 36.1 Å². The molecule has 1 unspecified atom stereocenters. The summed E-state index contributed by atoms with van der Waals surface area (Å²) < 4.78 is 10.6. The molecule has 306 valence electrons. The number of benzene rings is 2. The van der Waals surface area contributed by atoms with E-state index in [0.29, 0.717) is 17.5 Å². The number of rotatable bonds is 18. The molecule has 14 heteroatoms. The molecule has 3 rings (SSSR count). The standard InChI is InChI=1S/C42H59N5O9/c1-8-18-31(44-36(50)32(25-27(2)3)45-37(51)34(28-19-12-9-13-20-28)46-40(54)56-41(4,5)6)35(49)38(52)43-26-33(48)47-42(39(53)55-7,29-21-14-10-15-22-29)30-23-16-11-17-24-30/h10-11,14-17,21-24,27-28,31-32,34H,8-9,12-13,18-20,25-26H2,1-7H3,(H,43,52)(H,44,50)(H,45,51)(H,46,54)(H,47,48)/t31?,32-,34-/m0/s1. The van der Waals surface area contributed by atoms with E-state index in [0.717, 1.165) is 32.1 Å². The smallest absolute Gasteiger partial charge is 0.408 e. The second-order valence-electron chi connectivity index (χ2n) is 15.6. The van der Waals surface area contributed by atoms with Gasteiger partial charge in [0.2, 0.25) is 23.5 Å². The largest absolute Gasteiger partial charge is 0.467 e. The monoisotopic (exact) mass is 777 g/mol. The number of amides is 5. The van der Waals surface area contributed by atoms with Crippen LogP contribution in [0.4, 0.5) is 4.79 Å². The molecule has 5 N–H and O–H groups in total. The van der Waals surface area contributed by atoms with Gasteiger partial charge in [-0.15, -0.1) is 0 Å². The number of ketones is 1. The van der Waals surface area contributed by atoms with Crippen molar-refractivity contribution in [1.82, 2.24) is 26.6 Å². The van der Waals surface area contributed by atoms with Crippen LogP contribution in [0.3, 0.4) is 0 Å². The molecule has 1 aliphatic carbocycles. The van der Waals surface area contributed by atoms with Gasteiger partial charge in [0.05, 0.1) is 19.7 Å². The number of Topliss-reactive ketones (excluding diaryl/α,β-unsaturated/α-hetero) is 1. The van der Waals surface area contributed by atoms with Gasteiger partial charge >= 0.3 is 12.1 Å². The Balaban J connectivity index is 1.75. The van der Waals surface area contributed by atoms with E-state index >= 15 is 0 Å². The van der Waals surface area contributed by atoms with Gasteiger partial charge in [0.15, 0.2) is 5.54 Å². The molecule has 3 atom stereocenters. The molecule has 0 aliphatic heterocycles. The van der Waals surface area contributed by atoms with E-state index in [-0.39, 0.29) is 24.7 Å². The Labute approximate surface area is 330 Å². The second-order valence-corrected chi connectivity index (χ2v) is 15.6. The third kappa shape index (κ3) is 12.9. The Morgan fingerprint density at radius 2 is 1.32 bits per heavy atom. The van der Waals surface area contributed by atoms with Gasteiger partial charge in [-0.3, -0.25) is 24.0 Å². The molecule has 2 aromatic carbocycles. The van der Waals surface area contributed by atoms with E-state index in [1.807, 2.05) is 13.8 Å². The summed E-state index contributed by atoms with van der Waals surface area (Å²) in [4.78, 5) is 94.0. The zero-order valence-corrected chi connectivity index (χ0v) is 33.7. The molecule has 0 spiro atoms. The minimum atomic E-state index is -1.77. The number of hydrogen-bond acceptors (Lipinski definition) is 9. The molecule has 0 aromatic heterocycles. The first kappa shape index (κ1) is 45.1. The van der Waals surface area contributed by atoms with Gasteiger partial charge in [0, 0.05) is 0 Å². The number of alkyl carbamates (subject to hydrolysis) is 1. The van der Waals surface area contributed by atoms with Crippen LogP contribution in [0.25, 0.3) is 0 Å². The van der Waals surface area contributed by atoms with E-state index in [9.17, 15) is 33.6 Å². The zero-order valence-electron chi connectivity index (χ0n) is 33.7. The number of nitrogens with one attached hydrogen (secondary N) is 5. The third-order valence-electron chi connectivity index (χ3n) is 9.49. The van der Waals surface area contributed by atoms with E-state index in [1.165, 1.54) is 7.11 Å². The van der Waals surface area contributed by atoms with Crippen LogP contribution in [0, 0.1) is 11.8 Å². The highest BCUT2D eigenvalue weighted by molar-refractivity contribution is 6.38. The maximum atomic E-state index is 13.8. The van der Waals surface area contributed by atoms with Crippen molar-refractivity contribution in [3.8, 4) is 0 Å². The first-order chi connectivity index (χ1) is 26.5. The summed E-state index contributed by atoms with van der Waals surface area (Å²) in [5, 5.41) is 13.2. The molecule has 1 fully saturated rings. The van der Waals surface area contributed by atoms with Crippen molar-refractivity contribution in [3.63, 3.8) is 0 Å². The minimum absolute atomic E-state index is 0.0518. The Kier molecular flexibility index (Phi) is 17.0. The number of hydrogen-bond donors (Lipinski definition) is 5. The highest BCUT2D eigenvalue weighted by Gasteiger charge is 2.45. The lowest BCUT2D eigenvalue weighted by Crippen LogP contribution is -2.59. The summed E-state index contributed by atoms with van der Waals surface area (Å²) in [6, 6.07) is 13.7. The fourth-order valence-electron chi connectivity index (χ4n) is 6.88. The maximum Gasteiger partial charge on any atom is 0.408 e. The van der Waals surface area contributed by atoms with Crippen LogP contribution in [0.2, 0.25) is 0 Å². The van der Waals surface area contributed by atoms with E-state index in [1.54, 1.807) is 88.4 Å². The summed E-state index contributed by atoms with van der Waals surface area (Å²) in [5.74, 6) is -5.09. The van der Waals surface area contributed by atoms with Gasteiger partial charge in [0.1, 0.15) is 17.7 Å². The van der Waals surface area contributed by atoms with Crippen molar-refractivity contribution in [1.29, 1.82) is 0 Å². The van der Waals surface area contributed by atoms with Crippen molar-refractivity contribution in [2.75, 3.05) is 13.7 Å². The summed E-state index contributed by atoms with van der Waals surface area (Å²) in [6.07, 6.45) is 4.26. The minimum Gasteiger partial charge on any atom is -0.467 e. The Morgan fingerprint density at radius 1 is 0.768 bits per heavy atom. The normalized spacial score (nSPS) is 15.0. The molecule has 0 saturated heterocycles. The van der Waals surface area contributed by atoms with Gasteiger partial charge in [-0.05, 0) is 69.4 Å². The van der Waals surface area contributed by atoms with Crippen molar-refractivity contribution < 1.29 is 43.0 Å². The second kappa shape index (κ2) is 21.1. The van der Waals surface area contributed by atoms with E-state index < -0.39 is 77.3 Å². The van der Waals surface area contributed by atoms with Gasteiger partial charge in [-0.2, -0.15) is 0 Å². The van der Waals surface area contributed by atoms with Gasteiger partial charge in [-0.1, -0.05) is 107 Å². The van der Waals surface area contributed by atoms with E-state index in [2.05, 4.69) is 26.6 Å². The van der Waals surface area contributed by atoms with Crippen LogP contribution < -0.4 is 26.6 Å². The maximum absolute atomic E-state index is 13.8. The lowest BCUT2D eigenvalue weighted by molar-refractivity contribution is -0.149. The average Bonchev–Trinajstić information content (AvgIpc) is 3.17. The average molecular weight is 778 g/mol. The molecule has 0 bridgehead atoms. The Morgan fingerprint density at radius 3 is 1.82 bits per heavy atom.